The smallest absolute Gasteiger partial charge is 0.387 e. The van der Waals surface area contributed by atoms with E-state index in [4.69, 9.17) is 5.73 Å². The molecule has 0 bridgehead atoms. The van der Waals surface area contributed by atoms with Gasteiger partial charge in [-0.1, -0.05) is 12.1 Å². The van der Waals surface area contributed by atoms with Gasteiger partial charge >= 0.3 is 6.61 Å². The average molecular weight is 296 g/mol. The quantitative estimate of drug-likeness (QED) is 0.912. The van der Waals surface area contributed by atoms with Gasteiger partial charge in [-0.15, -0.1) is 11.3 Å². The molecule has 1 aromatic carbocycles. The summed E-state index contributed by atoms with van der Waals surface area (Å²) in [7, 11) is 0. The lowest BCUT2D eigenvalue weighted by Gasteiger charge is -2.09. The molecule has 2 N–H and O–H groups in total. The molecule has 106 valence electrons. The molecule has 0 saturated heterocycles. The van der Waals surface area contributed by atoms with Crippen LogP contribution in [0.25, 0.3) is 11.3 Å². The van der Waals surface area contributed by atoms with Gasteiger partial charge in [0, 0.05) is 10.9 Å². The third kappa shape index (κ3) is 2.81. The molecule has 1 aliphatic rings. The molecule has 0 aliphatic heterocycles. The molecule has 1 fully saturated rings. The number of thiazole rings is 1. The Balaban J connectivity index is 1.88. The molecule has 1 saturated carbocycles. The Kier molecular flexibility index (Phi) is 3.67. The zero-order chi connectivity index (χ0) is 14.1. The number of nitrogens with zero attached hydrogens (tertiary/aromatic N) is 1. The number of alkyl halides is 2. The van der Waals surface area contributed by atoms with E-state index in [1.165, 1.54) is 17.4 Å². The van der Waals surface area contributed by atoms with Crippen LogP contribution in [0.5, 0.6) is 5.75 Å². The van der Waals surface area contributed by atoms with Crippen LogP contribution in [0.15, 0.2) is 29.6 Å². The highest BCUT2D eigenvalue weighted by Crippen LogP contribution is 2.41. The van der Waals surface area contributed by atoms with Crippen LogP contribution in [-0.2, 0) is 0 Å². The lowest BCUT2D eigenvalue weighted by Crippen LogP contribution is -2.11. The van der Waals surface area contributed by atoms with Gasteiger partial charge in [0.2, 0.25) is 0 Å². The maximum Gasteiger partial charge on any atom is 0.387 e. The number of benzene rings is 1. The summed E-state index contributed by atoms with van der Waals surface area (Å²) in [6.07, 6.45) is 2.28. The van der Waals surface area contributed by atoms with Crippen molar-refractivity contribution in [2.24, 2.45) is 11.7 Å². The van der Waals surface area contributed by atoms with Gasteiger partial charge in [0.05, 0.1) is 11.7 Å². The van der Waals surface area contributed by atoms with Crippen LogP contribution in [0, 0.1) is 5.92 Å². The van der Waals surface area contributed by atoms with Crippen molar-refractivity contribution < 1.29 is 13.5 Å². The molecule has 20 heavy (non-hydrogen) atoms. The molecule has 1 atom stereocenters. The maximum atomic E-state index is 12.4. The Hall–Kier alpha value is -1.53. The number of ether oxygens (including phenoxy) is 1. The van der Waals surface area contributed by atoms with Crippen molar-refractivity contribution >= 4 is 11.3 Å². The predicted octanol–water partition coefficient (Wildman–Crippen LogP) is 3.82. The van der Waals surface area contributed by atoms with Gasteiger partial charge in [0.1, 0.15) is 10.8 Å². The highest BCUT2D eigenvalue weighted by molar-refractivity contribution is 7.10. The molecule has 1 aromatic heterocycles. The topological polar surface area (TPSA) is 48.1 Å². The first-order valence-electron chi connectivity index (χ1n) is 6.40. The summed E-state index contributed by atoms with van der Waals surface area (Å²) >= 11 is 1.47. The van der Waals surface area contributed by atoms with E-state index in [-0.39, 0.29) is 11.8 Å². The first kappa shape index (κ1) is 13.5. The zero-order valence-corrected chi connectivity index (χ0v) is 11.4. The predicted molar refractivity (Wildman–Crippen MR) is 73.8 cm³/mol. The molecule has 3 nitrogen and oxygen atoms in total. The van der Waals surface area contributed by atoms with Gasteiger partial charge in [-0.3, -0.25) is 0 Å². The molecule has 2 aromatic rings. The van der Waals surface area contributed by atoms with Gasteiger partial charge in [-0.25, -0.2) is 4.98 Å². The molecular formula is C14H14F2N2OS. The second kappa shape index (κ2) is 5.46. The third-order valence-corrected chi connectivity index (χ3v) is 4.26. The largest absolute Gasteiger partial charge is 0.434 e. The van der Waals surface area contributed by atoms with E-state index in [0.29, 0.717) is 17.2 Å². The summed E-state index contributed by atoms with van der Waals surface area (Å²) in [5, 5.41) is 2.69. The molecule has 1 heterocycles. The Morgan fingerprint density at radius 1 is 1.30 bits per heavy atom. The second-order valence-electron chi connectivity index (χ2n) is 4.81. The van der Waals surface area contributed by atoms with Crippen molar-refractivity contribution in [3.8, 4) is 17.0 Å². The van der Waals surface area contributed by atoms with Crippen molar-refractivity contribution in [1.29, 1.82) is 0 Å². The van der Waals surface area contributed by atoms with Gasteiger partial charge in [0.15, 0.2) is 0 Å². The summed E-state index contributed by atoms with van der Waals surface area (Å²) in [6, 6.07) is 6.62. The average Bonchev–Trinajstić information content (AvgIpc) is 3.16. The van der Waals surface area contributed by atoms with Crippen LogP contribution in [0.4, 0.5) is 8.78 Å². The number of halogens is 2. The fraction of sp³-hybridized carbons (Fsp3) is 0.357. The van der Waals surface area contributed by atoms with Crippen molar-refractivity contribution in [1.82, 2.24) is 4.98 Å². The van der Waals surface area contributed by atoms with E-state index in [1.807, 2.05) is 5.38 Å². The monoisotopic (exact) mass is 296 g/mol. The van der Waals surface area contributed by atoms with Crippen molar-refractivity contribution in [2.45, 2.75) is 25.5 Å². The Morgan fingerprint density at radius 2 is 2.05 bits per heavy atom. The van der Waals surface area contributed by atoms with Gasteiger partial charge < -0.3 is 10.5 Å². The molecule has 1 unspecified atom stereocenters. The molecule has 3 rings (SSSR count). The van der Waals surface area contributed by atoms with Crippen molar-refractivity contribution in [2.75, 3.05) is 0 Å². The van der Waals surface area contributed by atoms with E-state index < -0.39 is 6.61 Å². The third-order valence-electron chi connectivity index (χ3n) is 3.32. The van der Waals surface area contributed by atoms with E-state index in [1.54, 1.807) is 18.2 Å². The standard InChI is InChI=1S/C14H14F2N2OS/c15-14(16)19-11-4-2-1-3-9(11)10-7-20-13(18-10)12(17)8-5-6-8/h1-4,7-8,12,14H,5-6,17H2. The highest BCUT2D eigenvalue weighted by Gasteiger charge is 2.31. The van der Waals surface area contributed by atoms with Crippen LogP contribution in [-0.4, -0.2) is 11.6 Å². The minimum Gasteiger partial charge on any atom is -0.434 e. The van der Waals surface area contributed by atoms with Crippen LogP contribution >= 0.6 is 11.3 Å². The second-order valence-corrected chi connectivity index (χ2v) is 5.70. The van der Waals surface area contributed by atoms with E-state index in [2.05, 4.69) is 9.72 Å². The molecule has 1 aliphatic carbocycles. The molecule has 0 amide bonds. The fourth-order valence-corrected chi connectivity index (χ4v) is 3.01. The maximum absolute atomic E-state index is 12.4. The minimum atomic E-state index is -2.84. The lowest BCUT2D eigenvalue weighted by atomic mass is 10.1. The Bertz CT molecular complexity index is 598. The van der Waals surface area contributed by atoms with Crippen LogP contribution in [0.2, 0.25) is 0 Å². The normalized spacial score (nSPS) is 16.4. The van der Waals surface area contributed by atoms with Gasteiger partial charge in [-0.2, -0.15) is 8.78 Å². The minimum absolute atomic E-state index is 0.0445. The molecule has 6 heteroatoms. The summed E-state index contributed by atoms with van der Waals surface area (Å²) in [5.41, 5.74) is 7.31. The number of rotatable bonds is 5. The SMILES string of the molecule is NC(c1nc(-c2ccccc2OC(F)F)cs1)C1CC1. The van der Waals surface area contributed by atoms with Crippen LogP contribution in [0.3, 0.4) is 0 Å². The van der Waals surface area contributed by atoms with Crippen LogP contribution in [0.1, 0.15) is 23.9 Å². The van der Waals surface area contributed by atoms with Gasteiger partial charge in [0.25, 0.3) is 0 Å². The van der Waals surface area contributed by atoms with E-state index in [9.17, 15) is 8.78 Å². The van der Waals surface area contributed by atoms with Crippen LogP contribution < -0.4 is 10.5 Å². The van der Waals surface area contributed by atoms with Gasteiger partial charge in [-0.05, 0) is 30.9 Å². The number of para-hydroxylation sites is 1. The highest BCUT2D eigenvalue weighted by atomic mass is 32.1. The molecular weight excluding hydrogens is 282 g/mol. The van der Waals surface area contributed by atoms with E-state index in [0.717, 1.165) is 17.8 Å². The lowest BCUT2D eigenvalue weighted by molar-refractivity contribution is -0.0494. The summed E-state index contributed by atoms with van der Waals surface area (Å²) in [6.45, 7) is -2.84. The van der Waals surface area contributed by atoms with E-state index >= 15 is 0 Å². The number of hydrogen-bond acceptors (Lipinski definition) is 4. The first-order chi connectivity index (χ1) is 9.65. The summed E-state index contributed by atoms with van der Waals surface area (Å²) in [5.74, 6) is 0.654. The first-order valence-corrected chi connectivity index (χ1v) is 7.28. The number of nitrogens with two attached hydrogens (primary N) is 1. The molecule has 0 radical (unpaired) electrons. The molecule has 0 spiro atoms. The summed E-state index contributed by atoms with van der Waals surface area (Å²) < 4.78 is 29.3. The number of aromatic nitrogens is 1. The zero-order valence-electron chi connectivity index (χ0n) is 10.6. The summed E-state index contributed by atoms with van der Waals surface area (Å²) in [4.78, 5) is 4.48. The van der Waals surface area contributed by atoms with Crippen molar-refractivity contribution in [3.63, 3.8) is 0 Å². The Morgan fingerprint density at radius 3 is 2.75 bits per heavy atom. The van der Waals surface area contributed by atoms with Crippen molar-refractivity contribution in [3.05, 3.63) is 34.7 Å². The fourth-order valence-electron chi connectivity index (χ4n) is 2.10. The Labute approximate surface area is 119 Å². The number of hydrogen-bond donors (Lipinski definition) is 1.